The molecule has 1 heterocycles. The number of nitro benzene ring substituents is 1. The minimum Gasteiger partial charge on any atom is -0.481 e. The van der Waals surface area contributed by atoms with E-state index in [-0.39, 0.29) is 18.5 Å². The van der Waals surface area contributed by atoms with E-state index in [1.165, 1.54) is 6.07 Å². The van der Waals surface area contributed by atoms with Gasteiger partial charge in [0.2, 0.25) is 0 Å². The van der Waals surface area contributed by atoms with Crippen LogP contribution in [0.4, 0.5) is 5.69 Å². The van der Waals surface area contributed by atoms with Gasteiger partial charge in [-0.1, -0.05) is 15.9 Å². The van der Waals surface area contributed by atoms with Crippen LogP contribution in [-0.2, 0) is 18.3 Å². The lowest BCUT2D eigenvalue weighted by molar-refractivity contribution is -0.383. The van der Waals surface area contributed by atoms with Gasteiger partial charge in [-0.25, -0.2) is 0 Å². The Morgan fingerprint density at radius 1 is 1.53 bits per heavy atom. The minimum atomic E-state index is -0.920. The van der Waals surface area contributed by atoms with Crippen LogP contribution in [0.25, 0.3) is 10.9 Å². The Kier molecular flexibility index (Phi) is 3.57. The first-order chi connectivity index (χ1) is 8.90. The van der Waals surface area contributed by atoms with Gasteiger partial charge in [-0.15, -0.1) is 0 Å². The van der Waals surface area contributed by atoms with Gasteiger partial charge in [-0.3, -0.25) is 14.9 Å². The molecule has 0 amide bonds. The standard InChI is InChI=1S/C12H11BrN2O4/c1-14-6-7(2-3-11(16)17)12-9(14)4-8(13)5-10(12)15(18)19/h4-6H,2-3H2,1H3,(H,16,17). The first-order valence-corrected chi connectivity index (χ1v) is 6.33. The van der Waals surface area contributed by atoms with E-state index < -0.39 is 10.9 Å². The number of aliphatic carboxylic acids is 1. The summed E-state index contributed by atoms with van der Waals surface area (Å²) in [6, 6.07) is 3.22. The Bertz CT molecular complexity index is 678. The molecule has 100 valence electrons. The summed E-state index contributed by atoms with van der Waals surface area (Å²) in [5, 5.41) is 20.4. The van der Waals surface area contributed by atoms with Crippen molar-refractivity contribution < 1.29 is 14.8 Å². The molecule has 0 radical (unpaired) electrons. The normalized spacial score (nSPS) is 10.8. The van der Waals surface area contributed by atoms with Crippen molar-refractivity contribution in [3.8, 4) is 0 Å². The molecule has 0 atom stereocenters. The molecule has 0 aliphatic rings. The van der Waals surface area contributed by atoms with Crippen LogP contribution in [0.15, 0.2) is 22.8 Å². The highest BCUT2D eigenvalue weighted by Gasteiger charge is 2.20. The third-order valence-corrected chi connectivity index (χ3v) is 3.37. The molecule has 0 fully saturated rings. The number of nitro groups is 1. The van der Waals surface area contributed by atoms with Gasteiger partial charge in [-0.05, 0) is 18.1 Å². The van der Waals surface area contributed by atoms with E-state index in [0.29, 0.717) is 20.9 Å². The number of hydrogen-bond donors (Lipinski definition) is 1. The van der Waals surface area contributed by atoms with Crippen molar-refractivity contribution in [3.05, 3.63) is 38.5 Å². The maximum atomic E-state index is 11.1. The van der Waals surface area contributed by atoms with Gasteiger partial charge in [0.05, 0.1) is 15.8 Å². The fourth-order valence-electron chi connectivity index (χ4n) is 2.13. The van der Waals surface area contributed by atoms with E-state index in [1.807, 2.05) is 0 Å². The summed E-state index contributed by atoms with van der Waals surface area (Å²) in [6.45, 7) is 0. The Labute approximate surface area is 116 Å². The molecule has 0 spiro atoms. The summed E-state index contributed by atoms with van der Waals surface area (Å²) in [5.41, 5.74) is 1.38. The van der Waals surface area contributed by atoms with Gasteiger partial charge in [0.1, 0.15) is 0 Å². The first-order valence-electron chi connectivity index (χ1n) is 5.53. The predicted molar refractivity (Wildman–Crippen MR) is 73.2 cm³/mol. The van der Waals surface area contributed by atoms with Crippen molar-refractivity contribution in [2.75, 3.05) is 0 Å². The largest absolute Gasteiger partial charge is 0.481 e. The second-order valence-corrected chi connectivity index (χ2v) is 5.15. The zero-order valence-electron chi connectivity index (χ0n) is 10.1. The number of carbonyl (C=O) groups is 1. The van der Waals surface area contributed by atoms with E-state index >= 15 is 0 Å². The Morgan fingerprint density at radius 2 is 2.21 bits per heavy atom. The van der Waals surface area contributed by atoms with Gasteiger partial charge < -0.3 is 9.67 Å². The third-order valence-electron chi connectivity index (χ3n) is 2.92. The zero-order chi connectivity index (χ0) is 14.2. The zero-order valence-corrected chi connectivity index (χ0v) is 11.7. The number of benzene rings is 1. The molecule has 7 heteroatoms. The molecule has 0 saturated heterocycles. The number of nitrogens with zero attached hydrogens (tertiary/aromatic N) is 2. The second kappa shape index (κ2) is 5.00. The van der Waals surface area contributed by atoms with Crippen LogP contribution in [0.1, 0.15) is 12.0 Å². The summed E-state index contributed by atoms with van der Waals surface area (Å²) in [4.78, 5) is 21.3. The summed E-state index contributed by atoms with van der Waals surface area (Å²) in [7, 11) is 1.78. The SMILES string of the molecule is Cn1cc(CCC(=O)O)c2c([N+](=O)[O-])cc(Br)cc21. The second-order valence-electron chi connectivity index (χ2n) is 4.24. The highest BCUT2D eigenvalue weighted by molar-refractivity contribution is 9.10. The lowest BCUT2D eigenvalue weighted by atomic mass is 10.1. The number of carboxylic acid groups (broad SMARTS) is 1. The summed E-state index contributed by atoms with van der Waals surface area (Å²) < 4.78 is 2.39. The number of non-ortho nitro benzene ring substituents is 1. The number of aromatic nitrogens is 1. The highest BCUT2D eigenvalue weighted by Crippen LogP contribution is 2.34. The highest BCUT2D eigenvalue weighted by atomic mass is 79.9. The van der Waals surface area contributed by atoms with Crippen LogP contribution in [0, 0.1) is 10.1 Å². The number of rotatable bonds is 4. The lowest BCUT2D eigenvalue weighted by Gasteiger charge is -2.00. The average Bonchev–Trinajstić information content (AvgIpc) is 2.62. The van der Waals surface area contributed by atoms with Gasteiger partial charge >= 0.3 is 5.97 Å². The average molecular weight is 327 g/mol. The van der Waals surface area contributed by atoms with E-state index in [0.717, 1.165) is 0 Å². The molecule has 19 heavy (non-hydrogen) atoms. The first kappa shape index (κ1) is 13.5. The van der Waals surface area contributed by atoms with Crippen LogP contribution < -0.4 is 0 Å². The van der Waals surface area contributed by atoms with E-state index in [4.69, 9.17) is 5.11 Å². The maximum absolute atomic E-state index is 11.1. The van der Waals surface area contributed by atoms with Crippen LogP contribution in [0.3, 0.4) is 0 Å². The molecule has 6 nitrogen and oxygen atoms in total. The van der Waals surface area contributed by atoms with Crippen LogP contribution in [0.5, 0.6) is 0 Å². The number of halogens is 1. The van der Waals surface area contributed by atoms with Gasteiger partial charge in [0.25, 0.3) is 5.69 Å². The summed E-state index contributed by atoms with van der Waals surface area (Å²) in [6.07, 6.45) is 1.97. The van der Waals surface area contributed by atoms with Crippen LogP contribution in [0.2, 0.25) is 0 Å². The van der Waals surface area contributed by atoms with Crippen LogP contribution in [-0.4, -0.2) is 20.6 Å². The summed E-state index contributed by atoms with van der Waals surface area (Å²) in [5.74, 6) is -0.920. The molecule has 2 rings (SSSR count). The Hall–Kier alpha value is -1.89. The number of hydrogen-bond acceptors (Lipinski definition) is 3. The molecule has 0 aliphatic heterocycles. The lowest BCUT2D eigenvalue weighted by Crippen LogP contribution is -1.97. The molecule has 0 aliphatic carbocycles. The fraction of sp³-hybridized carbons (Fsp3) is 0.250. The smallest absolute Gasteiger partial charge is 0.303 e. The van der Waals surface area contributed by atoms with Crippen molar-refractivity contribution in [1.82, 2.24) is 4.57 Å². The molecule has 1 aromatic carbocycles. The molecule has 2 aromatic rings. The maximum Gasteiger partial charge on any atom is 0.303 e. The molecule has 0 unspecified atom stereocenters. The van der Waals surface area contributed by atoms with Crippen molar-refractivity contribution in [3.63, 3.8) is 0 Å². The number of carboxylic acids is 1. The number of aryl methyl sites for hydroxylation is 2. The van der Waals surface area contributed by atoms with E-state index in [9.17, 15) is 14.9 Å². The Morgan fingerprint density at radius 3 is 2.79 bits per heavy atom. The van der Waals surface area contributed by atoms with Crippen molar-refractivity contribution in [1.29, 1.82) is 0 Å². The third kappa shape index (κ3) is 2.60. The van der Waals surface area contributed by atoms with Crippen molar-refractivity contribution in [2.45, 2.75) is 12.8 Å². The Balaban J connectivity index is 2.65. The monoisotopic (exact) mass is 326 g/mol. The molecule has 0 bridgehead atoms. The van der Waals surface area contributed by atoms with Crippen LogP contribution >= 0.6 is 15.9 Å². The fourth-order valence-corrected chi connectivity index (χ4v) is 2.56. The molecule has 0 saturated carbocycles. The van der Waals surface area contributed by atoms with E-state index in [2.05, 4.69) is 15.9 Å². The van der Waals surface area contributed by atoms with Crippen molar-refractivity contribution >= 4 is 38.5 Å². The molecular weight excluding hydrogens is 316 g/mol. The topological polar surface area (TPSA) is 85.4 Å². The molecule has 1 N–H and O–H groups in total. The molecular formula is C12H11BrN2O4. The van der Waals surface area contributed by atoms with Gasteiger partial charge in [-0.2, -0.15) is 0 Å². The minimum absolute atomic E-state index is 0.00892. The van der Waals surface area contributed by atoms with Gasteiger partial charge in [0, 0.05) is 30.2 Å². The summed E-state index contributed by atoms with van der Waals surface area (Å²) >= 11 is 3.25. The quantitative estimate of drug-likeness (QED) is 0.691. The van der Waals surface area contributed by atoms with Crippen molar-refractivity contribution in [2.24, 2.45) is 7.05 Å². The van der Waals surface area contributed by atoms with Gasteiger partial charge in [0.15, 0.2) is 0 Å². The predicted octanol–water partition coefficient (Wildman–Crippen LogP) is 2.87. The van der Waals surface area contributed by atoms with E-state index in [1.54, 1.807) is 23.9 Å². The molecule has 1 aromatic heterocycles. The number of fused-ring (bicyclic) bond motifs is 1.